The van der Waals surface area contributed by atoms with Crippen LogP contribution in [0.1, 0.15) is 42.5 Å². The summed E-state index contributed by atoms with van der Waals surface area (Å²) in [7, 11) is 0. The lowest BCUT2D eigenvalue weighted by Gasteiger charge is -2.45. The van der Waals surface area contributed by atoms with Crippen molar-refractivity contribution in [1.29, 1.82) is 0 Å². The predicted molar refractivity (Wildman–Crippen MR) is 117 cm³/mol. The number of nitrogens with one attached hydrogen (secondary N) is 1. The van der Waals surface area contributed by atoms with E-state index >= 15 is 0 Å². The topological polar surface area (TPSA) is 109 Å². The smallest absolute Gasteiger partial charge is 0.255 e. The van der Waals surface area contributed by atoms with Crippen LogP contribution in [0.15, 0.2) is 58.5 Å². The molecule has 5 N–H and O–H groups in total. The molecular formula is C21H23ClN6O. The van der Waals surface area contributed by atoms with E-state index in [1.54, 1.807) is 24.3 Å². The summed E-state index contributed by atoms with van der Waals surface area (Å²) in [5.41, 5.74) is 13.7. The van der Waals surface area contributed by atoms with Crippen molar-refractivity contribution >= 4 is 40.8 Å². The molecule has 0 atom stereocenters. The first-order valence-corrected chi connectivity index (χ1v) is 10.0. The number of hydrogen-bond donors (Lipinski definition) is 3. The Bertz CT molecular complexity index is 979. The minimum Gasteiger partial charge on any atom is -0.369 e. The zero-order chi connectivity index (χ0) is 20.4. The van der Waals surface area contributed by atoms with E-state index < -0.39 is 5.66 Å². The van der Waals surface area contributed by atoms with E-state index in [0.29, 0.717) is 22.2 Å². The number of rotatable bonds is 3. The molecule has 2 aromatic carbocycles. The predicted octanol–water partition coefficient (Wildman–Crippen LogP) is 3.70. The molecule has 1 fully saturated rings. The number of guanidine groups is 2. The molecule has 2 aliphatic rings. The maximum atomic E-state index is 12.4. The Kier molecular flexibility index (Phi) is 5.15. The Balaban J connectivity index is 1.56. The molecule has 7 nitrogen and oxygen atoms in total. The van der Waals surface area contributed by atoms with Crippen LogP contribution in [0.25, 0.3) is 0 Å². The molecule has 8 heteroatoms. The third-order valence-corrected chi connectivity index (χ3v) is 5.56. The van der Waals surface area contributed by atoms with Gasteiger partial charge in [0, 0.05) is 22.0 Å². The Morgan fingerprint density at radius 3 is 2.48 bits per heavy atom. The Hall–Kier alpha value is -3.06. The van der Waals surface area contributed by atoms with Crippen molar-refractivity contribution in [2.45, 2.75) is 37.8 Å². The normalized spacial score (nSPS) is 18.2. The number of carbonyl (C=O) groups is 1. The first-order valence-electron chi connectivity index (χ1n) is 9.64. The van der Waals surface area contributed by atoms with Crippen LogP contribution in [0.5, 0.6) is 0 Å². The molecule has 2 aromatic rings. The number of hydrogen-bond acceptors (Lipinski definition) is 6. The van der Waals surface area contributed by atoms with Gasteiger partial charge in [-0.2, -0.15) is 4.99 Å². The first kappa shape index (κ1) is 19.3. The van der Waals surface area contributed by atoms with Gasteiger partial charge in [-0.3, -0.25) is 9.69 Å². The van der Waals surface area contributed by atoms with Crippen molar-refractivity contribution < 1.29 is 4.79 Å². The lowest BCUT2D eigenvalue weighted by molar-refractivity contribution is 0.102. The van der Waals surface area contributed by atoms with Gasteiger partial charge >= 0.3 is 0 Å². The van der Waals surface area contributed by atoms with E-state index in [1.807, 2.05) is 29.2 Å². The SMILES string of the molecule is NC1=NC2(CCCCC2)N(c2ccc(NC(=O)c3cccc(Cl)c3)cc2)C(N)=N1. The van der Waals surface area contributed by atoms with Crippen molar-refractivity contribution in [3.8, 4) is 0 Å². The molecule has 1 amide bonds. The molecule has 0 aromatic heterocycles. The van der Waals surface area contributed by atoms with Crippen LogP contribution in [0.3, 0.4) is 0 Å². The van der Waals surface area contributed by atoms with Gasteiger partial charge in [0.15, 0.2) is 0 Å². The minimum atomic E-state index is -0.486. The van der Waals surface area contributed by atoms with Crippen molar-refractivity contribution in [1.82, 2.24) is 0 Å². The fourth-order valence-electron chi connectivity index (χ4n) is 4.02. The van der Waals surface area contributed by atoms with Gasteiger partial charge in [-0.15, -0.1) is 0 Å². The van der Waals surface area contributed by atoms with Gasteiger partial charge in [-0.05, 0) is 68.1 Å². The molecule has 1 saturated carbocycles. The number of amides is 1. The summed E-state index contributed by atoms with van der Waals surface area (Å²) in [5, 5.41) is 3.40. The van der Waals surface area contributed by atoms with Crippen molar-refractivity contribution in [3.05, 3.63) is 59.1 Å². The molecule has 0 saturated heterocycles. The molecule has 0 bridgehead atoms. The average molecular weight is 411 g/mol. The molecule has 0 unspecified atom stereocenters. The summed E-state index contributed by atoms with van der Waals surface area (Å²) < 4.78 is 0. The van der Waals surface area contributed by atoms with E-state index in [4.69, 9.17) is 23.1 Å². The second kappa shape index (κ2) is 7.75. The van der Waals surface area contributed by atoms with Crippen LogP contribution in [0.2, 0.25) is 5.02 Å². The second-order valence-corrected chi connectivity index (χ2v) is 7.77. The zero-order valence-corrected chi connectivity index (χ0v) is 16.7. The summed E-state index contributed by atoms with van der Waals surface area (Å²) >= 11 is 5.97. The Morgan fingerprint density at radius 2 is 1.79 bits per heavy atom. The van der Waals surface area contributed by atoms with Gasteiger partial charge in [0.05, 0.1) is 0 Å². The molecule has 1 aliphatic heterocycles. The number of nitrogens with two attached hydrogens (primary N) is 2. The fourth-order valence-corrected chi connectivity index (χ4v) is 4.21. The third kappa shape index (κ3) is 3.91. The molecule has 1 heterocycles. The second-order valence-electron chi connectivity index (χ2n) is 7.33. The lowest BCUT2D eigenvalue weighted by Crippen LogP contribution is -2.58. The van der Waals surface area contributed by atoms with Crippen LogP contribution < -0.4 is 21.7 Å². The summed E-state index contributed by atoms with van der Waals surface area (Å²) in [6.07, 6.45) is 5.05. The van der Waals surface area contributed by atoms with E-state index in [9.17, 15) is 4.79 Å². The summed E-state index contributed by atoms with van der Waals surface area (Å²) in [6, 6.07) is 14.3. The van der Waals surface area contributed by atoms with Gasteiger partial charge in [0.1, 0.15) is 5.66 Å². The third-order valence-electron chi connectivity index (χ3n) is 5.32. The summed E-state index contributed by atoms with van der Waals surface area (Å²) in [6.45, 7) is 0. The van der Waals surface area contributed by atoms with E-state index in [2.05, 4.69) is 15.3 Å². The first-order chi connectivity index (χ1) is 14.0. The van der Waals surface area contributed by atoms with Crippen LogP contribution in [-0.2, 0) is 0 Å². The van der Waals surface area contributed by atoms with Crippen molar-refractivity contribution in [3.63, 3.8) is 0 Å². The van der Waals surface area contributed by atoms with Crippen LogP contribution in [0, 0.1) is 0 Å². The van der Waals surface area contributed by atoms with Gasteiger partial charge in [0.2, 0.25) is 11.9 Å². The van der Waals surface area contributed by atoms with Gasteiger partial charge in [-0.1, -0.05) is 24.1 Å². The number of nitrogens with zero attached hydrogens (tertiary/aromatic N) is 3. The summed E-state index contributed by atoms with van der Waals surface area (Å²) in [5.74, 6) is 0.349. The van der Waals surface area contributed by atoms with Crippen molar-refractivity contribution in [2.75, 3.05) is 10.2 Å². The maximum Gasteiger partial charge on any atom is 0.255 e. The zero-order valence-electron chi connectivity index (χ0n) is 15.9. The minimum absolute atomic E-state index is 0.222. The van der Waals surface area contributed by atoms with Gasteiger partial charge in [0.25, 0.3) is 5.91 Å². The van der Waals surface area contributed by atoms with Crippen LogP contribution in [-0.4, -0.2) is 23.5 Å². The van der Waals surface area contributed by atoms with Gasteiger partial charge < -0.3 is 16.8 Å². The Labute approximate surface area is 174 Å². The van der Waals surface area contributed by atoms with Crippen LogP contribution in [0.4, 0.5) is 11.4 Å². The van der Waals surface area contributed by atoms with Gasteiger partial charge in [-0.25, -0.2) is 4.99 Å². The lowest BCUT2D eigenvalue weighted by atomic mass is 9.87. The van der Waals surface area contributed by atoms with Crippen molar-refractivity contribution in [2.24, 2.45) is 21.5 Å². The molecule has 1 aliphatic carbocycles. The fraction of sp³-hybridized carbons (Fsp3) is 0.286. The highest BCUT2D eigenvalue weighted by Gasteiger charge is 2.42. The maximum absolute atomic E-state index is 12.4. The molecular weight excluding hydrogens is 388 g/mol. The quantitative estimate of drug-likeness (QED) is 0.716. The highest BCUT2D eigenvalue weighted by atomic mass is 35.5. The number of benzene rings is 2. The van der Waals surface area contributed by atoms with Crippen LogP contribution >= 0.6 is 11.6 Å². The number of carbonyl (C=O) groups excluding carboxylic acids is 1. The molecule has 1 spiro atoms. The van der Waals surface area contributed by atoms with E-state index in [-0.39, 0.29) is 11.9 Å². The summed E-state index contributed by atoms with van der Waals surface area (Å²) in [4.78, 5) is 23.2. The monoisotopic (exact) mass is 410 g/mol. The average Bonchev–Trinajstić information content (AvgIpc) is 2.69. The van der Waals surface area contributed by atoms with E-state index in [1.165, 1.54) is 6.42 Å². The standard InChI is InChI=1S/C21H23ClN6O/c22-15-6-4-5-14(13-15)18(29)25-16-7-9-17(10-8-16)28-20(24)26-19(23)27-21(28)11-2-1-3-12-21/h4-10,13H,1-3,11-12H2,(H,25,29)(H4,23,24,26,27). The Morgan fingerprint density at radius 1 is 1.07 bits per heavy atom. The molecule has 4 rings (SSSR count). The largest absolute Gasteiger partial charge is 0.369 e. The number of aliphatic imine (C=N–C) groups is 2. The molecule has 0 radical (unpaired) electrons. The molecule has 29 heavy (non-hydrogen) atoms. The highest BCUT2D eigenvalue weighted by molar-refractivity contribution is 6.31. The molecule has 150 valence electrons. The number of halogens is 1. The number of anilines is 2. The highest BCUT2D eigenvalue weighted by Crippen LogP contribution is 2.39. The van der Waals surface area contributed by atoms with E-state index in [0.717, 1.165) is 31.4 Å².